The van der Waals surface area contributed by atoms with Crippen LogP contribution in [0.2, 0.25) is 0 Å². The van der Waals surface area contributed by atoms with Gasteiger partial charge in [0.05, 0.1) is 11.0 Å². The van der Waals surface area contributed by atoms with Gasteiger partial charge >= 0.3 is 0 Å². The molecule has 0 spiro atoms. The summed E-state index contributed by atoms with van der Waals surface area (Å²) in [5, 5.41) is 0. The van der Waals surface area contributed by atoms with Crippen molar-refractivity contribution < 1.29 is 8.42 Å². The molecular weight excluding hydrogens is 270 g/mol. The van der Waals surface area contributed by atoms with Gasteiger partial charge in [0.15, 0.2) is 0 Å². The predicted molar refractivity (Wildman–Crippen MR) is 77.5 cm³/mol. The highest BCUT2D eigenvalue weighted by Crippen LogP contribution is 2.26. The van der Waals surface area contributed by atoms with Gasteiger partial charge in [-0.1, -0.05) is 31.5 Å². The van der Waals surface area contributed by atoms with Crippen LogP contribution in [0.5, 0.6) is 0 Å². The first-order valence-corrected chi connectivity index (χ1v) is 8.30. The fraction of sp³-hybridized carbons (Fsp3) is 0.909. The first kappa shape index (κ1) is 15.8. The van der Waals surface area contributed by atoms with Gasteiger partial charge in [0.1, 0.15) is 0 Å². The predicted octanol–water partition coefficient (Wildman–Crippen LogP) is 1.05. The maximum atomic E-state index is 11.9. The maximum absolute atomic E-state index is 11.9. The molecule has 0 aromatic rings. The van der Waals surface area contributed by atoms with Crippen LogP contribution < -0.4 is 15.2 Å². The zero-order valence-corrected chi connectivity index (χ0v) is 12.6. The number of hydrogen-bond acceptors (Lipinski definition) is 3. The van der Waals surface area contributed by atoms with E-state index < -0.39 is 16.3 Å². The number of rotatable bonds is 6. The highest BCUT2D eigenvalue weighted by Gasteiger charge is 2.29. The first-order chi connectivity index (χ1) is 8.32. The Morgan fingerprint density at radius 2 is 1.78 bits per heavy atom. The number of thiocarbonyl (C=S) groups is 1. The lowest BCUT2D eigenvalue weighted by atomic mass is 9.84. The van der Waals surface area contributed by atoms with Gasteiger partial charge in [-0.2, -0.15) is 17.9 Å². The van der Waals surface area contributed by atoms with Crippen molar-refractivity contribution in [3.8, 4) is 0 Å². The van der Waals surface area contributed by atoms with E-state index in [0.29, 0.717) is 0 Å². The molecule has 1 aliphatic carbocycles. The molecule has 0 amide bonds. The van der Waals surface area contributed by atoms with Gasteiger partial charge in [0.25, 0.3) is 10.2 Å². The van der Waals surface area contributed by atoms with E-state index in [9.17, 15) is 8.42 Å². The summed E-state index contributed by atoms with van der Waals surface area (Å²) < 4.78 is 28.8. The van der Waals surface area contributed by atoms with Crippen LogP contribution in [-0.2, 0) is 10.2 Å². The van der Waals surface area contributed by atoms with Gasteiger partial charge in [-0.15, -0.1) is 0 Å². The van der Waals surface area contributed by atoms with Crippen LogP contribution in [0.15, 0.2) is 0 Å². The van der Waals surface area contributed by atoms with Crippen molar-refractivity contribution in [2.45, 2.75) is 58.0 Å². The zero-order valence-electron chi connectivity index (χ0n) is 11.0. The minimum Gasteiger partial charge on any atom is -0.392 e. The molecule has 1 saturated carbocycles. The van der Waals surface area contributed by atoms with Crippen LogP contribution >= 0.6 is 12.2 Å². The molecule has 5 nitrogen and oxygen atoms in total. The number of nitrogens with one attached hydrogen (secondary N) is 2. The van der Waals surface area contributed by atoms with Crippen LogP contribution in [0, 0.1) is 5.92 Å². The summed E-state index contributed by atoms with van der Waals surface area (Å²) in [6.07, 6.45) is 5.39. The van der Waals surface area contributed by atoms with Gasteiger partial charge in [0, 0.05) is 6.04 Å². The third-order valence-electron chi connectivity index (χ3n) is 3.10. The average Bonchev–Trinajstić information content (AvgIpc) is 2.25. The fourth-order valence-electron chi connectivity index (χ4n) is 2.37. The summed E-state index contributed by atoms with van der Waals surface area (Å²) in [6.45, 7) is 3.55. The van der Waals surface area contributed by atoms with Crippen molar-refractivity contribution in [3.63, 3.8) is 0 Å². The van der Waals surface area contributed by atoms with E-state index in [0.717, 1.165) is 25.7 Å². The van der Waals surface area contributed by atoms with Gasteiger partial charge in [-0.25, -0.2) is 0 Å². The molecule has 0 aliphatic heterocycles. The van der Waals surface area contributed by atoms with E-state index in [4.69, 9.17) is 18.0 Å². The van der Waals surface area contributed by atoms with E-state index in [2.05, 4.69) is 9.44 Å². The van der Waals surface area contributed by atoms with Crippen molar-refractivity contribution in [1.82, 2.24) is 9.44 Å². The smallest absolute Gasteiger partial charge is 0.277 e. The quantitative estimate of drug-likeness (QED) is 0.639. The number of hydrogen-bond donors (Lipinski definition) is 3. The van der Waals surface area contributed by atoms with E-state index in [-0.39, 0.29) is 16.9 Å². The van der Waals surface area contributed by atoms with Crippen molar-refractivity contribution >= 4 is 27.4 Å². The largest absolute Gasteiger partial charge is 0.392 e. The fourth-order valence-corrected chi connectivity index (χ4v) is 4.03. The molecular formula is C11H23N3O2S2. The normalized spacial score (nSPS) is 19.9. The minimum atomic E-state index is -3.54. The molecule has 0 aromatic heterocycles. The summed E-state index contributed by atoms with van der Waals surface area (Å²) >= 11 is 5.00. The van der Waals surface area contributed by atoms with Crippen LogP contribution in [0.1, 0.15) is 46.0 Å². The Hall–Kier alpha value is -0.240. The lowest BCUT2D eigenvalue weighted by Crippen LogP contribution is -2.53. The van der Waals surface area contributed by atoms with Crippen LogP contribution in [0.3, 0.4) is 0 Å². The second-order valence-corrected chi connectivity index (χ2v) is 7.12. The van der Waals surface area contributed by atoms with Crippen LogP contribution in [0.25, 0.3) is 0 Å². The van der Waals surface area contributed by atoms with Crippen molar-refractivity contribution in [3.05, 3.63) is 0 Å². The molecule has 18 heavy (non-hydrogen) atoms. The third-order valence-corrected chi connectivity index (χ3v) is 4.70. The van der Waals surface area contributed by atoms with Gasteiger partial charge in [-0.05, 0) is 32.6 Å². The molecule has 1 atom stereocenters. The average molecular weight is 293 g/mol. The van der Waals surface area contributed by atoms with Gasteiger partial charge in [-0.3, -0.25) is 0 Å². The minimum absolute atomic E-state index is 0.152. The van der Waals surface area contributed by atoms with E-state index >= 15 is 0 Å². The Morgan fingerprint density at radius 1 is 1.22 bits per heavy atom. The first-order valence-electron chi connectivity index (χ1n) is 6.40. The Morgan fingerprint density at radius 3 is 2.22 bits per heavy atom. The lowest BCUT2D eigenvalue weighted by molar-refractivity contribution is 0.329. The molecule has 106 valence electrons. The Bertz CT molecular complexity index is 376. The molecule has 1 fully saturated rings. The monoisotopic (exact) mass is 293 g/mol. The summed E-state index contributed by atoms with van der Waals surface area (Å²) in [4.78, 5) is 0.232. The molecule has 7 heteroatoms. The Kier molecular flexibility index (Phi) is 5.97. The molecule has 1 unspecified atom stereocenters. The van der Waals surface area contributed by atoms with E-state index in [1.165, 1.54) is 6.42 Å². The summed E-state index contributed by atoms with van der Waals surface area (Å²) in [7, 11) is -3.54. The summed E-state index contributed by atoms with van der Waals surface area (Å²) in [5.74, 6) is 0.222. The van der Waals surface area contributed by atoms with Crippen LogP contribution in [0.4, 0.5) is 0 Å². The molecule has 1 rings (SSSR count). The third kappa shape index (κ3) is 5.17. The van der Waals surface area contributed by atoms with Crippen LogP contribution in [-0.4, -0.2) is 25.5 Å². The molecule has 0 bridgehead atoms. The molecule has 0 heterocycles. The molecule has 0 radical (unpaired) electrons. The highest BCUT2D eigenvalue weighted by molar-refractivity contribution is 7.87. The van der Waals surface area contributed by atoms with E-state index in [1.807, 2.05) is 0 Å². The standard InChI is InChI=1S/C11H23N3O2S2/c1-8(2)13-18(15,16)14-10(11(12)17)9-6-4-3-5-7-9/h8-10,13-14H,3-7H2,1-2H3,(H2,12,17). The SMILES string of the molecule is CC(C)NS(=O)(=O)NC(C(N)=S)C1CCCCC1. The lowest BCUT2D eigenvalue weighted by Gasteiger charge is -2.30. The Balaban J connectivity index is 2.71. The number of nitrogens with two attached hydrogens (primary N) is 1. The zero-order chi connectivity index (χ0) is 13.8. The highest BCUT2D eigenvalue weighted by atomic mass is 32.2. The molecule has 4 N–H and O–H groups in total. The second kappa shape index (κ2) is 6.79. The van der Waals surface area contributed by atoms with Gasteiger partial charge < -0.3 is 5.73 Å². The molecule has 1 aliphatic rings. The summed E-state index contributed by atoms with van der Waals surface area (Å²) in [5.41, 5.74) is 5.68. The second-order valence-electron chi connectivity index (χ2n) is 5.17. The molecule has 0 aromatic carbocycles. The Labute approximate surface area is 115 Å². The summed E-state index contributed by atoms with van der Waals surface area (Å²) in [6, 6.07) is -0.586. The van der Waals surface area contributed by atoms with Crippen molar-refractivity contribution in [2.24, 2.45) is 11.7 Å². The van der Waals surface area contributed by atoms with E-state index in [1.54, 1.807) is 13.8 Å². The molecule has 0 saturated heterocycles. The van der Waals surface area contributed by atoms with Gasteiger partial charge in [0.2, 0.25) is 0 Å². The maximum Gasteiger partial charge on any atom is 0.277 e. The van der Waals surface area contributed by atoms with Crippen molar-refractivity contribution in [2.75, 3.05) is 0 Å². The topological polar surface area (TPSA) is 84.2 Å². The van der Waals surface area contributed by atoms with Crippen molar-refractivity contribution in [1.29, 1.82) is 0 Å².